The molecule has 0 fully saturated rings. The Labute approximate surface area is 64.8 Å². The van der Waals surface area contributed by atoms with Gasteiger partial charge in [-0.2, -0.15) is 0 Å². The molecule has 3 nitrogen and oxygen atoms in total. The van der Waals surface area contributed by atoms with E-state index in [0.29, 0.717) is 11.5 Å². The summed E-state index contributed by atoms with van der Waals surface area (Å²) in [7, 11) is 1.35. The molecule has 1 unspecified atom stereocenters. The molecule has 0 bridgehead atoms. The van der Waals surface area contributed by atoms with Crippen LogP contribution in [0.2, 0.25) is 0 Å². The lowest BCUT2D eigenvalue weighted by molar-refractivity contribution is -0.137. The Bertz CT molecular complexity index is 103. The van der Waals surface area contributed by atoms with E-state index in [4.69, 9.17) is 5.11 Å². The number of thioether (sulfide) groups is 1. The molecule has 0 aliphatic heterocycles. The summed E-state index contributed by atoms with van der Waals surface area (Å²) >= 11 is 1.37. The van der Waals surface area contributed by atoms with Gasteiger partial charge >= 0.3 is 5.97 Å². The molecule has 0 aromatic carbocycles. The predicted molar refractivity (Wildman–Crippen MR) is 41.0 cm³/mol. The van der Waals surface area contributed by atoms with E-state index in [9.17, 15) is 4.79 Å². The lowest BCUT2D eigenvalue weighted by atomic mass is 10.5. The number of ether oxygens (including phenoxy) is 1. The molecule has 0 saturated heterocycles. The van der Waals surface area contributed by atoms with Gasteiger partial charge in [0, 0.05) is 5.75 Å². The summed E-state index contributed by atoms with van der Waals surface area (Å²) in [5.74, 6) is 0.655. The van der Waals surface area contributed by atoms with Gasteiger partial charge < -0.3 is 9.84 Å². The summed E-state index contributed by atoms with van der Waals surface area (Å²) in [5.41, 5.74) is 0. The first-order valence-electron chi connectivity index (χ1n) is 2.99. The van der Waals surface area contributed by atoms with E-state index in [1.165, 1.54) is 18.9 Å². The fourth-order valence-corrected chi connectivity index (χ4v) is 1.12. The second-order valence-corrected chi connectivity index (χ2v) is 2.97. The van der Waals surface area contributed by atoms with Crippen molar-refractivity contribution in [2.24, 2.45) is 0 Å². The summed E-state index contributed by atoms with van der Waals surface area (Å²) in [5, 5.41) is 8.77. The van der Waals surface area contributed by atoms with E-state index < -0.39 is 0 Å². The lowest BCUT2D eigenvalue weighted by Crippen LogP contribution is -2.08. The first-order chi connectivity index (χ1) is 4.66. The molecule has 1 N–H and O–H groups in total. The van der Waals surface area contributed by atoms with E-state index in [-0.39, 0.29) is 12.1 Å². The highest BCUT2D eigenvalue weighted by Crippen LogP contribution is 2.02. The summed E-state index contributed by atoms with van der Waals surface area (Å²) in [4.78, 5) is 10.5. The molecule has 0 aromatic rings. The van der Waals surface area contributed by atoms with Gasteiger partial charge in [-0.15, -0.1) is 11.8 Å². The average Bonchev–Trinajstić information content (AvgIpc) is 1.87. The maximum atomic E-state index is 10.5. The SMILES string of the molecule is COC(=O)CSCC(C)O. The van der Waals surface area contributed by atoms with Crippen LogP contribution in [0.4, 0.5) is 0 Å². The van der Waals surface area contributed by atoms with Crippen molar-refractivity contribution in [2.45, 2.75) is 13.0 Å². The topological polar surface area (TPSA) is 46.5 Å². The zero-order valence-corrected chi connectivity index (χ0v) is 6.98. The third-order valence-corrected chi connectivity index (χ3v) is 1.96. The Kier molecular flexibility index (Phi) is 5.43. The fourth-order valence-electron chi connectivity index (χ4n) is 0.372. The Morgan fingerprint density at radius 3 is 2.80 bits per heavy atom. The number of aliphatic hydroxyl groups excluding tert-OH is 1. The second kappa shape index (κ2) is 5.56. The van der Waals surface area contributed by atoms with Gasteiger partial charge in [0.05, 0.1) is 19.0 Å². The van der Waals surface area contributed by atoms with Crippen LogP contribution in [-0.4, -0.2) is 35.8 Å². The number of hydrogen-bond donors (Lipinski definition) is 1. The molecule has 0 heterocycles. The molecule has 0 aromatic heterocycles. The number of carbonyl (C=O) groups is 1. The van der Waals surface area contributed by atoms with Gasteiger partial charge in [0.2, 0.25) is 0 Å². The number of esters is 1. The minimum absolute atomic E-state index is 0.245. The van der Waals surface area contributed by atoms with Crippen LogP contribution in [0.1, 0.15) is 6.92 Å². The fraction of sp³-hybridized carbons (Fsp3) is 0.833. The molecule has 0 rings (SSSR count). The summed E-state index contributed by atoms with van der Waals surface area (Å²) in [6.07, 6.45) is -0.352. The zero-order chi connectivity index (χ0) is 7.98. The Morgan fingerprint density at radius 2 is 2.40 bits per heavy atom. The maximum Gasteiger partial charge on any atom is 0.315 e. The average molecular weight is 164 g/mol. The molecule has 60 valence electrons. The molecule has 1 atom stereocenters. The Hall–Kier alpha value is -0.220. The number of hydrogen-bond acceptors (Lipinski definition) is 4. The third-order valence-electron chi connectivity index (χ3n) is 0.807. The normalized spacial score (nSPS) is 12.7. The van der Waals surface area contributed by atoms with Gasteiger partial charge in [-0.05, 0) is 6.92 Å². The molecule has 0 aliphatic carbocycles. The predicted octanol–water partition coefficient (Wildman–Crippen LogP) is 0.273. The first-order valence-corrected chi connectivity index (χ1v) is 4.15. The van der Waals surface area contributed by atoms with Gasteiger partial charge in [0.1, 0.15) is 0 Å². The van der Waals surface area contributed by atoms with Crippen LogP contribution in [0.15, 0.2) is 0 Å². The molecule has 0 aliphatic rings. The molecule has 10 heavy (non-hydrogen) atoms. The van der Waals surface area contributed by atoms with Crippen molar-refractivity contribution in [2.75, 3.05) is 18.6 Å². The number of carbonyl (C=O) groups excluding carboxylic acids is 1. The highest BCUT2D eigenvalue weighted by Gasteiger charge is 2.01. The Balaban J connectivity index is 3.12. The molecule has 0 saturated carbocycles. The van der Waals surface area contributed by atoms with Gasteiger partial charge in [-0.3, -0.25) is 4.79 Å². The maximum absolute atomic E-state index is 10.5. The molecule has 0 amide bonds. The number of rotatable bonds is 4. The molecular weight excluding hydrogens is 152 g/mol. The van der Waals surface area contributed by atoms with Crippen molar-refractivity contribution in [3.63, 3.8) is 0 Å². The van der Waals surface area contributed by atoms with Crippen LogP contribution in [0, 0.1) is 0 Å². The minimum Gasteiger partial charge on any atom is -0.468 e. The van der Waals surface area contributed by atoms with E-state index in [1.807, 2.05) is 0 Å². The molecule has 4 heteroatoms. The van der Waals surface area contributed by atoms with Crippen molar-refractivity contribution in [1.82, 2.24) is 0 Å². The summed E-state index contributed by atoms with van der Waals surface area (Å²) in [6.45, 7) is 1.68. The van der Waals surface area contributed by atoms with Crippen LogP contribution in [0.5, 0.6) is 0 Å². The van der Waals surface area contributed by atoms with Crippen LogP contribution >= 0.6 is 11.8 Å². The van der Waals surface area contributed by atoms with Crippen LogP contribution in [0.3, 0.4) is 0 Å². The number of methoxy groups -OCH3 is 1. The van der Waals surface area contributed by atoms with Crippen molar-refractivity contribution >= 4 is 17.7 Å². The summed E-state index contributed by atoms with van der Waals surface area (Å²) in [6, 6.07) is 0. The zero-order valence-electron chi connectivity index (χ0n) is 6.16. The molecule has 0 radical (unpaired) electrons. The van der Waals surface area contributed by atoms with Crippen molar-refractivity contribution in [3.05, 3.63) is 0 Å². The summed E-state index contributed by atoms with van der Waals surface area (Å²) < 4.78 is 4.39. The monoisotopic (exact) mass is 164 g/mol. The van der Waals surface area contributed by atoms with E-state index >= 15 is 0 Å². The third kappa shape index (κ3) is 5.91. The second-order valence-electron chi connectivity index (χ2n) is 1.94. The van der Waals surface area contributed by atoms with Crippen molar-refractivity contribution < 1.29 is 14.6 Å². The molecule has 0 spiro atoms. The van der Waals surface area contributed by atoms with Crippen LogP contribution < -0.4 is 0 Å². The number of aliphatic hydroxyl groups is 1. The van der Waals surface area contributed by atoms with Crippen LogP contribution in [0.25, 0.3) is 0 Å². The standard InChI is InChI=1S/C6H12O3S/c1-5(7)3-10-4-6(8)9-2/h5,7H,3-4H2,1-2H3. The minimum atomic E-state index is -0.352. The van der Waals surface area contributed by atoms with Crippen LogP contribution in [-0.2, 0) is 9.53 Å². The Morgan fingerprint density at radius 1 is 1.80 bits per heavy atom. The van der Waals surface area contributed by atoms with E-state index in [1.54, 1.807) is 6.92 Å². The van der Waals surface area contributed by atoms with Gasteiger partial charge in [0.25, 0.3) is 0 Å². The largest absolute Gasteiger partial charge is 0.468 e. The smallest absolute Gasteiger partial charge is 0.315 e. The van der Waals surface area contributed by atoms with Gasteiger partial charge in [-0.25, -0.2) is 0 Å². The van der Waals surface area contributed by atoms with Gasteiger partial charge in [0.15, 0.2) is 0 Å². The first kappa shape index (κ1) is 9.78. The highest BCUT2D eigenvalue weighted by molar-refractivity contribution is 7.99. The van der Waals surface area contributed by atoms with Gasteiger partial charge in [-0.1, -0.05) is 0 Å². The van der Waals surface area contributed by atoms with Crippen molar-refractivity contribution in [1.29, 1.82) is 0 Å². The highest BCUT2D eigenvalue weighted by atomic mass is 32.2. The van der Waals surface area contributed by atoms with E-state index in [2.05, 4.69) is 4.74 Å². The van der Waals surface area contributed by atoms with Crippen molar-refractivity contribution in [3.8, 4) is 0 Å². The lowest BCUT2D eigenvalue weighted by Gasteiger charge is -2.01. The molecular formula is C6H12O3S. The van der Waals surface area contributed by atoms with E-state index in [0.717, 1.165) is 0 Å². The quantitative estimate of drug-likeness (QED) is 0.606.